The van der Waals surface area contributed by atoms with Crippen LogP contribution in [0.1, 0.15) is 19.4 Å². The molecule has 1 N–H and O–H groups in total. The minimum Gasteiger partial charge on any atom is -0.369 e. The first-order valence-corrected chi connectivity index (χ1v) is 6.02. The third-order valence-electron chi connectivity index (χ3n) is 2.58. The summed E-state index contributed by atoms with van der Waals surface area (Å²) < 4.78 is 37.7. The quantitative estimate of drug-likeness (QED) is 0.895. The highest BCUT2D eigenvalue weighted by atomic mass is 19.4. The highest BCUT2D eigenvalue weighted by Crippen LogP contribution is 2.30. The van der Waals surface area contributed by atoms with Gasteiger partial charge in [-0.25, -0.2) is 4.98 Å². The standard InChI is InChI=1S/C13H20F3N3/c1-12(2,9-19(3)4)8-18-11-7-10(5-6-17-11)13(14,15)16/h5-7H,8-9H2,1-4H3,(H,17,18). The van der Waals surface area contributed by atoms with Crippen LogP contribution >= 0.6 is 0 Å². The van der Waals surface area contributed by atoms with Gasteiger partial charge >= 0.3 is 6.18 Å². The Balaban J connectivity index is 2.68. The van der Waals surface area contributed by atoms with Gasteiger partial charge in [0.05, 0.1) is 5.56 Å². The zero-order valence-electron chi connectivity index (χ0n) is 11.7. The van der Waals surface area contributed by atoms with E-state index >= 15 is 0 Å². The van der Waals surface area contributed by atoms with E-state index < -0.39 is 11.7 Å². The Morgan fingerprint density at radius 3 is 2.42 bits per heavy atom. The number of halogens is 3. The third kappa shape index (κ3) is 5.46. The Morgan fingerprint density at radius 1 is 1.26 bits per heavy atom. The number of alkyl halides is 3. The van der Waals surface area contributed by atoms with Gasteiger partial charge in [0.2, 0.25) is 0 Å². The Labute approximate surface area is 111 Å². The minimum absolute atomic E-state index is 0.0561. The topological polar surface area (TPSA) is 28.2 Å². The molecule has 0 aliphatic rings. The van der Waals surface area contributed by atoms with Crippen molar-refractivity contribution in [1.82, 2.24) is 9.88 Å². The first-order chi connectivity index (χ1) is 8.60. The van der Waals surface area contributed by atoms with E-state index in [1.54, 1.807) is 0 Å². The molecule has 108 valence electrons. The number of anilines is 1. The van der Waals surface area contributed by atoms with Crippen molar-refractivity contribution in [3.8, 4) is 0 Å². The van der Waals surface area contributed by atoms with Gasteiger partial charge in [0.15, 0.2) is 0 Å². The predicted octanol–water partition coefficient (Wildman–Crippen LogP) is 3.10. The maximum atomic E-state index is 12.6. The van der Waals surface area contributed by atoms with Crippen molar-refractivity contribution in [2.45, 2.75) is 20.0 Å². The molecule has 0 saturated heterocycles. The van der Waals surface area contributed by atoms with Gasteiger partial charge in [-0.15, -0.1) is 0 Å². The van der Waals surface area contributed by atoms with Crippen molar-refractivity contribution in [2.75, 3.05) is 32.5 Å². The second-order valence-electron chi connectivity index (χ2n) is 5.68. The highest BCUT2D eigenvalue weighted by molar-refractivity contribution is 5.38. The summed E-state index contributed by atoms with van der Waals surface area (Å²) in [6.07, 6.45) is -3.16. The van der Waals surface area contributed by atoms with Crippen molar-refractivity contribution < 1.29 is 13.2 Å². The van der Waals surface area contributed by atoms with Gasteiger partial charge in [0.25, 0.3) is 0 Å². The fraction of sp³-hybridized carbons (Fsp3) is 0.615. The van der Waals surface area contributed by atoms with E-state index in [1.807, 2.05) is 32.8 Å². The monoisotopic (exact) mass is 275 g/mol. The lowest BCUT2D eigenvalue weighted by Gasteiger charge is -2.28. The molecule has 1 rings (SSSR count). The Bertz CT molecular complexity index is 414. The van der Waals surface area contributed by atoms with E-state index in [-0.39, 0.29) is 11.2 Å². The van der Waals surface area contributed by atoms with Gasteiger partial charge < -0.3 is 10.2 Å². The van der Waals surface area contributed by atoms with Gasteiger partial charge in [-0.3, -0.25) is 0 Å². The molecular weight excluding hydrogens is 255 g/mol. The van der Waals surface area contributed by atoms with Gasteiger partial charge in [-0.1, -0.05) is 13.8 Å². The lowest BCUT2D eigenvalue weighted by Crippen LogP contribution is -2.34. The molecule has 0 aliphatic heterocycles. The van der Waals surface area contributed by atoms with Crippen LogP contribution in [-0.2, 0) is 6.18 Å². The molecule has 3 nitrogen and oxygen atoms in total. The van der Waals surface area contributed by atoms with Gasteiger partial charge in [-0.05, 0) is 31.6 Å². The maximum absolute atomic E-state index is 12.6. The first-order valence-electron chi connectivity index (χ1n) is 6.02. The van der Waals surface area contributed by atoms with E-state index in [9.17, 15) is 13.2 Å². The predicted molar refractivity (Wildman–Crippen MR) is 70.1 cm³/mol. The molecule has 0 fully saturated rings. The zero-order valence-corrected chi connectivity index (χ0v) is 11.7. The molecule has 0 unspecified atom stereocenters. The average molecular weight is 275 g/mol. The number of nitrogens with zero attached hydrogens (tertiary/aromatic N) is 2. The van der Waals surface area contributed by atoms with Crippen LogP contribution in [0.3, 0.4) is 0 Å². The lowest BCUT2D eigenvalue weighted by molar-refractivity contribution is -0.137. The summed E-state index contributed by atoms with van der Waals surface area (Å²) >= 11 is 0. The van der Waals surface area contributed by atoms with Crippen LogP contribution in [0, 0.1) is 5.41 Å². The Kier molecular flexibility index (Phi) is 4.79. The molecule has 0 aliphatic carbocycles. The number of nitrogens with one attached hydrogen (secondary N) is 1. The van der Waals surface area contributed by atoms with E-state index in [0.717, 1.165) is 18.7 Å². The molecular formula is C13H20F3N3. The van der Waals surface area contributed by atoms with Crippen LogP contribution < -0.4 is 5.32 Å². The van der Waals surface area contributed by atoms with Crippen molar-refractivity contribution >= 4 is 5.82 Å². The Morgan fingerprint density at radius 2 is 1.89 bits per heavy atom. The molecule has 1 aromatic rings. The molecule has 0 radical (unpaired) electrons. The van der Waals surface area contributed by atoms with Crippen LogP contribution in [0.15, 0.2) is 18.3 Å². The second kappa shape index (κ2) is 5.77. The number of rotatable bonds is 5. The normalized spacial score (nSPS) is 12.8. The maximum Gasteiger partial charge on any atom is 0.416 e. The first kappa shape index (κ1) is 15.8. The van der Waals surface area contributed by atoms with Crippen molar-refractivity contribution in [1.29, 1.82) is 0 Å². The van der Waals surface area contributed by atoms with Gasteiger partial charge in [-0.2, -0.15) is 13.2 Å². The number of aromatic nitrogens is 1. The fourth-order valence-electron chi connectivity index (χ4n) is 1.95. The second-order valence-corrected chi connectivity index (χ2v) is 5.68. The SMILES string of the molecule is CN(C)CC(C)(C)CNc1cc(C(F)(F)F)ccn1. The Hall–Kier alpha value is -1.30. The average Bonchev–Trinajstić information content (AvgIpc) is 2.24. The van der Waals surface area contributed by atoms with E-state index in [4.69, 9.17) is 0 Å². The van der Waals surface area contributed by atoms with Crippen LogP contribution in [0.4, 0.5) is 19.0 Å². The molecule has 1 heterocycles. The summed E-state index contributed by atoms with van der Waals surface area (Å²) in [7, 11) is 3.93. The zero-order chi connectivity index (χ0) is 14.7. The number of pyridine rings is 1. The molecule has 1 aromatic heterocycles. The number of hydrogen-bond acceptors (Lipinski definition) is 3. The summed E-state index contributed by atoms with van der Waals surface area (Å²) in [6.45, 7) is 5.49. The molecule has 0 aromatic carbocycles. The molecule has 0 spiro atoms. The summed E-state index contributed by atoms with van der Waals surface area (Å²) in [5.74, 6) is 0.252. The summed E-state index contributed by atoms with van der Waals surface area (Å²) in [5.41, 5.74) is -0.741. The molecule has 0 saturated carbocycles. The molecule has 0 amide bonds. The van der Waals surface area contributed by atoms with Gasteiger partial charge in [0.1, 0.15) is 5.82 Å². The van der Waals surface area contributed by atoms with Crippen molar-refractivity contribution in [3.05, 3.63) is 23.9 Å². The summed E-state index contributed by atoms with van der Waals surface area (Å²) in [5, 5.41) is 2.96. The smallest absolute Gasteiger partial charge is 0.369 e. The van der Waals surface area contributed by atoms with Crippen molar-refractivity contribution in [2.24, 2.45) is 5.41 Å². The third-order valence-corrected chi connectivity index (χ3v) is 2.58. The largest absolute Gasteiger partial charge is 0.416 e. The van der Waals surface area contributed by atoms with Crippen LogP contribution in [0.5, 0.6) is 0 Å². The van der Waals surface area contributed by atoms with Crippen LogP contribution in [-0.4, -0.2) is 37.1 Å². The van der Waals surface area contributed by atoms with Crippen LogP contribution in [0.2, 0.25) is 0 Å². The molecule has 0 atom stereocenters. The van der Waals surface area contributed by atoms with Crippen LogP contribution in [0.25, 0.3) is 0 Å². The van der Waals surface area contributed by atoms with E-state index in [2.05, 4.69) is 10.3 Å². The van der Waals surface area contributed by atoms with E-state index in [1.165, 1.54) is 6.20 Å². The fourth-order valence-corrected chi connectivity index (χ4v) is 1.95. The highest BCUT2D eigenvalue weighted by Gasteiger charge is 2.30. The molecule has 0 bridgehead atoms. The lowest BCUT2D eigenvalue weighted by atomic mass is 9.93. The molecule has 19 heavy (non-hydrogen) atoms. The van der Waals surface area contributed by atoms with Gasteiger partial charge in [0, 0.05) is 19.3 Å². The van der Waals surface area contributed by atoms with Crippen molar-refractivity contribution in [3.63, 3.8) is 0 Å². The number of hydrogen-bond donors (Lipinski definition) is 1. The summed E-state index contributed by atoms with van der Waals surface area (Å²) in [4.78, 5) is 5.95. The van der Waals surface area contributed by atoms with E-state index in [0.29, 0.717) is 6.54 Å². The summed E-state index contributed by atoms with van der Waals surface area (Å²) in [6, 6.07) is 2.00. The molecule has 6 heteroatoms. The minimum atomic E-state index is -4.33.